The summed E-state index contributed by atoms with van der Waals surface area (Å²) in [5.41, 5.74) is 0.453. The van der Waals surface area contributed by atoms with Gasteiger partial charge in [-0.3, -0.25) is 9.59 Å². The van der Waals surface area contributed by atoms with E-state index in [0.29, 0.717) is 42.7 Å². The number of nitrogens with one attached hydrogen (secondary N) is 1. The van der Waals surface area contributed by atoms with Crippen molar-refractivity contribution < 1.29 is 29.3 Å². The molecule has 1 aromatic rings. The molecule has 3 aliphatic carbocycles. The molecule has 1 saturated heterocycles. The molecule has 1 aliphatic heterocycles. The summed E-state index contributed by atoms with van der Waals surface area (Å²) in [7, 11) is 0. The molecule has 0 aromatic heterocycles. The van der Waals surface area contributed by atoms with Crippen molar-refractivity contribution >= 4 is 34.4 Å². The fraction of sp³-hybridized carbons (Fsp3) is 0.655. The zero-order valence-electron chi connectivity index (χ0n) is 21.8. The van der Waals surface area contributed by atoms with Crippen LogP contribution in [0.2, 0.25) is 0 Å². The molecule has 0 radical (unpaired) electrons. The Balaban J connectivity index is 1.40. The van der Waals surface area contributed by atoms with E-state index in [-0.39, 0.29) is 37.5 Å². The second kappa shape index (κ2) is 12.7. The minimum Gasteiger partial charge on any atom is -0.482 e. The molecule has 3 N–H and O–H groups in total. The van der Waals surface area contributed by atoms with Crippen LogP contribution in [0.3, 0.4) is 0 Å². The molecule has 5 rings (SSSR count). The second-order valence-electron chi connectivity index (χ2n) is 11.3. The van der Waals surface area contributed by atoms with Gasteiger partial charge in [-0.15, -0.1) is 0 Å². The van der Waals surface area contributed by atoms with Crippen molar-refractivity contribution in [1.82, 2.24) is 10.2 Å². The average Bonchev–Trinajstić information content (AvgIpc) is 3.68. The molecule has 3 unspecified atom stereocenters. The number of aliphatic hydroxyl groups excluding tert-OH is 2. The highest BCUT2D eigenvalue weighted by molar-refractivity contribution is 14.1. The quantitative estimate of drug-likeness (QED) is 0.341. The molecule has 7 atom stereocenters. The van der Waals surface area contributed by atoms with Crippen molar-refractivity contribution in [2.75, 3.05) is 26.3 Å². The van der Waals surface area contributed by atoms with E-state index in [0.717, 1.165) is 28.8 Å². The summed E-state index contributed by atoms with van der Waals surface area (Å²) in [5.74, 6) is 2.11. The number of amides is 2. The van der Waals surface area contributed by atoms with Crippen LogP contribution in [0.5, 0.6) is 5.75 Å². The number of halogens is 1. The van der Waals surface area contributed by atoms with Gasteiger partial charge >= 0.3 is 0 Å². The summed E-state index contributed by atoms with van der Waals surface area (Å²) < 4.78 is 13.1. The molecule has 2 saturated carbocycles. The van der Waals surface area contributed by atoms with E-state index in [1.807, 2.05) is 24.3 Å². The van der Waals surface area contributed by atoms with E-state index in [4.69, 9.17) is 9.47 Å². The molecule has 38 heavy (non-hydrogen) atoms. The Kier molecular flexibility index (Phi) is 9.28. The zero-order valence-corrected chi connectivity index (χ0v) is 23.9. The maximum absolute atomic E-state index is 13.9. The first kappa shape index (κ1) is 27.9. The van der Waals surface area contributed by atoms with Gasteiger partial charge in [0.1, 0.15) is 18.0 Å². The summed E-state index contributed by atoms with van der Waals surface area (Å²) in [6.45, 7) is 1.05. The summed E-state index contributed by atoms with van der Waals surface area (Å²) in [6, 6.07) is 6.92. The molecule has 1 aromatic carbocycles. The van der Waals surface area contributed by atoms with Gasteiger partial charge in [0.2, 0.25) is 11.8 Å². The molecule has 2 amide bonds. The molecule has 1 heterocycles. The number of benzene rings is 1. The first-order chi connectivity index (χ1) is 18.4. The standard InChI is InChI=1S/C29H39IN2O6/c30-23-5-1-2-6-25(23)38-26-15-21(29(36)31-9-10-33)14-24(28(26)35)32(17-22-4-3-11-37-22)27(34)16-20-13-18-7-8-19(20)12-18/h1-2,5-6,15,18-20,22,24,26,28,33,35H,3-4,7-14,16-17H2,(H,31,36)/t18?,19?,20?,22-,24-,26+,28+/m1/s1. The SMILES string of the molecule is O=C(NCCO)C1=C[C@H](Oc2ccccc2I)[C@@H](O)[C@H](N(C[C@H]2CCCO2)C(=O)CC2CC3CCC2C3)C1. The van der Waals surface area contributed by atoms with Crippen LogP contribution in [0.4, 0.5) is 0 Å². The Bertz CT molecular complexity index is 1030. The van der Waals surface area contributed by atoms with Crippen LogP contribution in [-0.4, -0.2) is 77.6 Å². The number of aliphatic hydroxyl groups is 2. The smallest absolute Gasteiger partial charge is 0.247 e. The molecule has 2 bridgehead atoms. The van der Waals surface area contributed by atoms with Crippen LogP contribution in [0, 0.1) is 21.3 Å². The predicted molar refractivity (Wildman–Crippen MR) is 150 cm³/mol. The van der Waals surface area contributed by atoms with Crippen molar-refractivity contribution in [2.45, 2.75) is 75.7 Å². The van der Waals surface area contributed by atoms with Gasteiger partial charge in [0.05, 0.1) is 22.3 Å². The molecule has 208 valence electrons. The van der Waals surface area contributed by atoms with Crippen LogP contribution in [0.15, 0.2) is 35.9 Å². The van der Waals surface area contributed by atoms with Gasteiger partial charge in [-0.2, -0.15) is 0 Å². The Morgan fingerprint density at radius 1 is 1.18 bits per heavy atom. The minimum atomic E-state index is -1.01. The Morgan fingerprint density at radius 2 is 2.03 bits per heavy atom. The summed E-state index contributed by atoms with van der Waals surface area (Å²) >= 11 is 2.18. The highest BCUT2D eigenvalue weighted by Crippen LogP contribution is 2.49. The molecule has 8 nitrogen and oxygen atoms in total. The van der Waals surface area contributed by atoms with E-state index >= 15 is 0 Å². The normalized spacial score (nSPS) is 32.2. The third-order valence-corrected chi connectivity index (χ3v) is 9.67. The minimum absolute atomic E-state index is 0.0344. The summed E-state index contributed by atoms with van der Waals surface area (Å²) in [5, 5.41) is 23.6. The summed E-state index contributed by atoms with van der Waals surface area (Å²) in [6.07, 6.45) is 7.17. The van der Waals surface area contributed by atoms with Crippen LogP contribution in [-0.2, 0) is 14.3 Å². The molecule has 0 spiro atoms. The lowest BCUT2D eigenvalue weighted by Gasteiger charge is -2.42. The molecule has 3 fully saturated rings. The first-order valence-electron chi connectivity index (χ1n) is 14.0. The lowest BCUT2D eigenvalue weighted by molar-refractivity contribution is -0.142. The van der Waals surface area contributed by atoms with Gasteiger partial charge < -0.3 is 29.9 Å². The highest BCUT2D eigenvalue weighted by atomic mass is 127. The van der Waals surface area contributed by atoms with Gasteiger partial charge in [-0.25, -0.2) is 0 Å². The Hall–Kier alpha value is -1.69. The summed E-state index contributed by atoms with van der Waals surface area (Å²) in [4.78, 5) is 28.8. The van der Waals surface area contributed by atoms with Gasteiger partial charge in [-0.1, -0.05) is 18.6 Å². The molecular formula is C29H39IN2O6. The number of rotatable bonds is 10. The van der Waals surface area contributed by atoms with E-state index in [1.165, 1.54) is 19.3 Å². The van der Waals surface area contributed by atoms with Gasteiger partial charge in [0, 0.05) is 38.1 Å². The number of nitrogens with zero attached hydrogens (tertiary/aromatic N) is 1. The third kappa shape index (κ3) is 6.37. The number of carbonyl (C=O) groups excluding carboxylic acids is 2. The molecule has 4 aliphatic rings. The number of fused-ring (bicyclic) bond motifs is 2. The van der Waals surface area contributed by atoms with Gasteiger partial charge in [0.15, 0.2) is 0 Å². The number of hydrogen-bond acceptors (Lipinski definition) is 6. The Morgan fingerprint density at radius 3 is 2.71 bits per heavy atom. The van der Waals surface area contributed by atoms with E-state index in [1.54, 1.807) is 11.0 Å². The fourth-order valence-electron chi connectivity index (χ4n) is 6.86. The van der Waals surface area contributed by atoms with Crippen LogP contribution < -0.4 is 10.1 Å². The Labute approximate surface area is 238 Å². The second-order valence-corrected chi connectivity index (χ2v) is 12.4. The van der Waals surface area contributed by atoms with Gasteiger partial charge in [0.25, 0.3) is 0 Å². The van der Waals surface area contributed by atoms with Crippen LogP contribution in [0.25, 0.3) is 0 Å². The highest BCUT2D eigenvalue weighted by Gasteiger charge is 2.44. The number of ether oxygens (including phenoxy) is 2. The largest absolute Gasteiger partial charge is 0.482 e. The topological polar surface area (TPSA) is 108 Å². The van der Waals surface area contributed by atoms with Crippen LogP contribution >= 0.6 is 22.6 Å². The lowest BCUT2D eigenvalue weighted by atomic mass is 9.84. The lowest BCUT2D eigenvalue weighted by Crippen LogP contribution is -2.56. The first-order valence-corrected chi connectivity index (χ1v) is 15.1. The fourth-order valence-corrected chi connectivity index (χ4v) is 7.38. The molecular weight excluding hydrogens is 599 g/mol. The molecule has 9 heteroatoms. The van der Waals surface area contributed by atoms with Crippen LogP contribution in [0.1, 0.15) is 51.4 Å². The van der Waals surface area contributed by atoms with Crippen molar-refractivity contribution in [3.8, 4) is 5.75 Å². The number of hydrogen-bond donors (Lipinski definition) is 3. The van der Waals surface area contributed by atoms with Crippen molar-refractivity contribution in [1.29, 1.82) is 0 Å². The van der Waals surface area contributed by atoms with E-state index in [2.05, 4.69) is 27.9 Å². The van der Waals surface area contributed by atoms with E-state index < -0.39 is 18.2 Å². The van der Waals surface area contributed by atoms with Crippen molar-refractivity contribution in [3.05, 3.63) is 39.5 Å². The zero-order chi connectivity index (χ0) is 26.6. The van der Waals surface area contributed by atoms with E-state index in [9.17, 15) is 19.8 Å². The predicted octanol–water partition coefficient (Wildman–Crippen LogP) is 3.04. The number of carbonyl (C=O) groups is 2. The third-order valence-electron chi connectivity index (χ3n) is 8.78. The average molecular weight is 639 g/mol. The monoisotopic (exact) mass is 638 g/mol. The number of para-hydroxylation sites is 1. The van der Waals surface area contributed by atoms with Gasteiger partial charge in [-0.05, 0) is 90.7 Å². The van der Waals surface area contributed by atoms with Crippen molar-refractivity contribution in [2.24, 2.45) is 17.8 Å². The maximum atomic E-state index is 13.9. The van der Waals surface area contributed by atoms with Crippen molar-refractivity contribution in [3.63, 3.8) is 0 Å². The maximum Gasteiger partial charge on any atom is 0.247 e.